The molecule has 0 saturated carbocycles. The smallest absolute Gasteiger partial charge is 0.426 e. The van der Waals surface area contributed by atoms with Crippen LogP contribution >= 0.6 is 46.4 Å². The maximum Gasteiger partial charge on any atom is 0.434 e. The first-order valence-electron chi connectivity index (χ1n) is 20.8. The van der Waals surface area contributed by atoms with Gasteiger partial charge in [0.25, 0.3) is 6.10 Å². The summed E-state index contributed by atoms with van der Waals surface area (Å²) >= 11 is 24.2. The molecule has 8 rings (SSSR count). The first-order chi connectivity index (χ1) is 31.7. The Morgan fingerprint density at radius 2 is 0.765 bits per heavy atom. The lowest BCUT2D eigenvalue weighted by atomic mass is 9.97. The second-order valence-corrected chi connectivity index (χ2v) is 18.6. The molecule has 4 saturated heterocycles. The lowest BCUT2D eigenvalue weighted by Gasteiger charge is -2.31. The van der Waals surface area contributed by atoms with Crippen LogP contribution in [0.1, 0.15) is 34.3 Å². The van der Waals surface area contributed by atoms with Gasteiger partial charge in [-0.2, -0.15) is 52.7 Å². The molecule has 4 aromatic carbocycles. The number of ether oxygens (including phenoxy) is 1. The molecule has 7 nitrogen and oxygen atoms in total. The molecule has 2 N–H and O–H groups in total. The molecule has 372 valence electrons. The SMILES string of the molecule is Clc1ccc(C(c2ccc(Cl)cc2)N2CC3CNCC3C2)cc1.O=C(OC(C(F)(F)F)C(F)(F)F)N1CC2CN(C(c3ccc(Cl)cc3)c3ccc(Cl)cc3)CC2C1.OC(C(F)(F)F)C(F)(F)F. The summed E-state index contributed by atoms with van der Waals surface area (Å²) in [5, 5.41) is 13.7. The van der Waals surface area contributed by atoms with Crippen molar-refractivity contribution in [2.45, 2.75) is 49.0 Å². The van der Waals surface area contributed by atoms with Crippen molar-refractivity contribution in [1.29, 1.82) is 0 Å². The van der Waals surface area contributed by atoms with Crippen LogP contribution in [0.2, 0.25) is 20.1 Å². The standard InChI is InChI=1S/C23H20Cl2F6N2O2.C19H20Cl2N2.C3H2F6O/c24-17-5-1-13(2-6-17)19(14-3-7-18(25)8-4-14)32-9-15-11-33(12-16(15)10-32)21(34)35-20(22(26,27)28)23(29,30)31;20-17-5-1-13(2-6-17)19(14-3-7-18(21)8-4-14)23-11-15-9-22-10-16(15)12-23;4-2(5,6)1(10)3(7,8)9/h1-8,15-16,19-20H,9-12H2;1-8,15-16,19,22H,9-12H2;1,10H. The van der Waals surface area contributed by atoms with Crippen molar-refractivity contribution in [2.24, 2.45) is 23.7 Å². The highest BCUT2D eigenvalue weighted by atomic mass is 35.5. The first-order valence-corrected chi connectivity index (χ1v) is 22.3. The van der Waals surface area contributed by atoms with Gasteiger partial charge in [0, 0.05) is 59.4 Å². The number of hydrogen-bond donors (Lipinski definition) is 2. The van der Waals surface area contributed by atoms with E-state index in [4.69, 9.17) is 51.5 Å². The summed E-state index contributed by atoms with van der Waals surface area (Å²) in [6.45, 7) is 5.59. The Morgan fingerprint density at radius 3 is 1.01 bits per heavy atom. The fraction of sp³-hybridized carbons (Fsp3) is 0.444. The highest BCUT2D eigenvalue weighted by Crippen LogP contribution is 2.42. The van der Waals surface area contributed by atoms with E-state index in [9.17, 15) is 57.5 Å². The normalized spacial score (nSPS) is 21.2. The van der Waals surface area contributed by atoms with Gasteiger partial charge in [0.15, 0.2) is 0 Å². The average molecular weight is 1060 g/mol. The minimum atomic E-state index is -5.75. The van der Waals surface area contributed by atoms with Crippen molar-refractivity contribution in [2.75, 3.05) is 52.4 Å². The van der Waals surface area contributed by atoms with Gasteiger partial charge in [0.2, 0.25) is 6.10 Å². The molecule has 0 radical (unpaired) electrons. The highest BCUT2D eigenvalue weighted by Gasteiger charge is 2.61. The number of rotatable bonds is 7. The predicted octanol–water partition coefficient (Wildman–Crippen LogP) is 12.3. The van der Waals surface area contributed by atoms with E-state index in [1.165, 1.54) is 11.1 Å². The number of alkyl halides is 12. The van der Waals surface area contributed by atoms with Crippen LogP contribution in [0.25, 0.3) is 0 Å². The number of halogens is 16. The number of nitrogens with zero attached hydrogens (tertiary/aromatic N) is 3. The van der Waals surface area contributed by atoms with E-state index in [0.717, 1.165) is 64.1 Å². The van der Waals surface area contributed by atoms with Crippen LogP contribution in [0.5, 0.6) is 0 Å². The topological polar surface area (TPSA) is 68.3 Å². The molecule has 1 amide bonds. The van der Waals surface area contributed by atoms with Gasteiger partial charge in [-0.3, -0.25) is 9.80 Å². The minimum Gasteiger partial charge on any atom is -0.426 e. The highest BCUT2D eigenvalue weighted by molar-refractivity contribution is 6.31. The summed E-state index contributed by atoms with van der Waals surface area (Å²) in [5.74, 6) is 1.30. The third-order valence-corrected chi connectivity index (χ3v) is 13.1. The summed E-state index contributed by atoms with van der Waals surface area (Å²) in [6.07, 6.45) is -32.7. The number of fused-ring (bicyclic) bond motifs is 2. The van der Waals surface area contributed by atoms with E-state index >= 15 is 0 Å². The molecule has 4 aliphatic rings. The zero-order valence-corrected chi connectivity index (χ0v) is 38.2. The Bertz CT molecular complexity index is 2130. The Morgan fingerprint density at radius 1 is 0.485 bits per heavy atom. The van der Waals surface area contributed by atoms with Crippen LogP contribution in [0, 0.1) is 23.7 Å². The molecule has 4 fully saturated rings. The summed E-state index contributed by atoms with van der Waals surface area (Å²) in [5.41, 5.74) is 4.52. The van der Waals surface area contributed by atoms with Crippen molar-refractivity contribution < 1.29 is 67.3 Å². The Balaban J connectivity index is 0.000000197. The molecular weight excluding hydrogens is 1010 g/mol. The van der Waals surface area contributed by atoms with Crippen molar-refractivity contribution >= 4 is 52.5 Å². The number of hydrogen-bond acceptors (Lipinski definition) is 6. The molecule has 4 heterocycles. The number of benzene rings is 4. The maximum absolute atomic E-state index is 12.8. The van der Waals surface area contributed by atoms with Gasteiger partial charge in [-0.15, -0.1) is 0 Å². The summed E-state index contributed by atoms with van der Waals surface area (Å²) in [4.78, 5) is 17.9. The third kappa shape index (κ3) is 13.8. The van der Waals surface area contributed by atoms with Gasteiger partial charge < -0.3 is 20.1 Å². The van der Waals surface area contributed by atoms with E-state index in [1.54, 1.807) is 24.3 Å². The Labute approximate surface area is 402 Å². The zero-order valence-electron chi connectivity index (χ0n) is 35.2. The summed E-state index contributed by atoms with van der Waals surface area (Å²) < 4.78 is 146. The molecule has 68 heavy (non-hydrogen) atoms. The van der Waals surface area contributed by atoms with Crippen molar-refractivity contribution in [3.05, 3.63) is 139 Å². The second kappa shape index (κ2) is 21.7. The molecule has 4 unspecified atom stereocenters. The number of carbonyl (C=O) groups is 1. The van der Waals surface area contributed by atoms with E-state index < -0.39 is 43.0 Å². The molecule has 4 aromatic rings. The maximum atomic E-state index is 12.8. The van der Waals surface area contributed by atoms with E-state index in [0.29, 0.717) is 23.1 Å². The van der Waals surface area contributed by atoms with Gasteiger partial charge >= 0.3 is 30.8 Å². The monoisotopic (exact) mass is 1050 g/mol. The molecule has 0 aromatic heterocycles. The fourth-order valence-corrected chi connectivity index (χ4v) is 9.48. The van der Waals surface area contributed by atoms with Gasteiger partial charge in [0.1, 0.15) is 0 Å². The van der Waals surface area contributed by atoms with Crippen LogP contribution in [-0.4, -0.2) is 115 Å². The van der Waals surface area contributed by atoms with Gasteiger partial charge in [0.05, 0.1) is 12.1 Å². The largest absolute Gasteiger partial charge is 0.434 e. The van der Waals surface area contributed by atoms with E-state index in [1.807, 2.05) is 48.5 Å². The lowest BCUT2D eigenvalue weighted by Crippen LogP contribution is -2.48. The number of amides is 1. The van der Waals surface area contributed by atoms with Crippen LogP contribution in [0.3, 0.4) is 0 Å². The zero-order chi connectivity index (χ0) is 49.9. The molecule has 0 spiro atoms. The first kappa shape index (κ1) is 53.7. The number of nitrogens with one attached hydrogen (secondary N) is 1. The third-order valence-electron chi connectivity index (χ3n) is 12.1. The van der Waals surface area contributed by atoms with E-state index in [2.05, 4.69) is 44.1 Å². The predicted molar refractivity (Wildman–Crippen MR) is 232 cm³/mol. The molecule has 23 heteroatoms. The molecule has 4 atom stereocenters. The van der Waals surface area contributed by atoms with Crippen molar-refractivity contribution in [1.82, 2.24) is 20.0 Å². The van der Waals surface area contributed by atoms with Crippen LogP contribution in [-0.2, 0) is 4.74 Å². The molecule has 0 aliphatic carbocycles. The van der Waals surface area contributed by atoms with Crippen LogP contribution in [0.15, 0.2) is 97.1 Å². The molecular formula is C45H42Cl4F12N4O3. The Kier molecular flexibility index (Phi) is 17.2. The van der Waals surface area contributed by atoms with Crippen molar-refractivity contribution in [3.8, 4) is 0 Å². The Hall–Kier alpha value is -3.69. The second-order valence-electron chi connectivity index (χ2n) is 16.9. The fourth-order valence-electron chi connectivity index (χ4n) is 8.98. The van der Waals surface area contributed by atoms with E-state index in [-0.39, 0.29) is 37.0 Å². The van der Waals surface area contributed by atoms with Gasteiger partial charge in [-0.25, -0.2) is 4.79 Å². The lowest BCUT2D eigenvalue weighted by molar-refractivity contribution is -0.309. The van der Waals surface area contributed by atoms with Crippen molar-refractivity contribution in [3.63, 3.8) is 0 Å². The summed E-state index contributed by atoms with van der Waals surface area (Å²) in [6, 6.07) is 31.3. The number of carbonyl (C=O) groups excluding carboxylic acids is 1. The quantitative estimate of drug-likeness (QED) is 0.180. The number of aliphatic hydroxyl groups is 1. The number of aliphatic hydroxyl groups excluding tert-OH is 1. The summed E-state index contributed by atoms with van der Waals surface area (Å²) in [7, 11) is 0. The minimum absolute atomic E-state index is 0.0103. The van der Waals surface area contributed by atoms with Crippen LogP contribution in [0.4, 0.5) is 57.5 Å². The molecule has 4 aliphatic heterocycles. The van der Waals surface area contributed by atoms with Gasteiger partial charge in [-0.1, -0.05) is 94.9 Å². The van der Waals surface area contributed by atoms with Gasteiger partial charge in [-0.05, 0) is 108 Å². The molecule has 0 bridgehead atoms. The van der Waals surface area contributed by atoms with Crippen LogP contribution < -0.4 is 5.32 Å². The number of likely N-dealkylation sites (tertiary alicyclic amines) is 3. The average Bonchev–Trinajstić information content (AvgIpc) is 4.04.